The van der Waals surface area contributed by atoms with E-state index < -0.39 is 0 Å². The summed E-state index contributed by atoms with van der Waals surface area (Å²) in [6, 6.07) is 0. The van der Waals surface area contributed by atoms with Crippen molar-refractivity contribution in [2.75, 3.05) is 32.7 Å². The van der Waals surface area contributed by atoms with Crippen molar-refractivity contribution in [3.63, 3.8) is 0 Å². The summed E-state index contributed by atoms with van der Waals surface area (Å²) >= 11 is 0. The number of hydrogen-bond acceptors (Lipinski definition) is 1. The fourth-order valence-electron chi connectivity index (χ4n) is 2.64. The zero-order valence-corrected chi connectivity index (χ0v) is 9.25. The van der Waals surface area contributed by atoms with Gasteiger partial charge >= 0.3 is 0 Å². The maximum atomic E-state index is 4.41. The smallest absolute Gasteiger partial charge is 0.00161 e. The summed E-state index contributed by atoms with van der Waals surface area (Å²) in [6.07, 6.45) is 8.45. The van der Waals surface area contributed by atoms with Crippen molar-refractivity contribution in [1.82, 2.24) is 4.90 Å². The van der Waals surface area contributed by atoms with Gasteiger partial charge < -0.3 is 10.2 Å². The fourth-order valence-corrected chi connectivity index (χ4v) is 2.64. The quantitative estimate of drug-likeness (QED) is 0.676. The fraction of sp³-hybridized carbons (Fsp3) is 1.00. The van der Waals surface area contributed by atoms with Crippen LogP contribution in [-0.4, -0.2) is 37.6 Å². The highest BCUT2D eigenvalue weighted by Crippen LogP contribution is 2.21. The Kier molecular flexibility index (Phi) is 4.26. The molecule has 2 nitrogen and oxygen atoms in total. The lowest BCUT2D eigenvalue weighted by Crippen LogP contribution is -2.32. The molecule has 0 unspecified atom stereocenters. The Morgan fingerprint density at radius 3 is 2.43 bits per heavy atom. The van der Waals surface area contributed by atoms with Gasteiger partial charge in [-0.2, -0.15) is 0 Å². The first-order valence-corrected chi connectivity index (χ1v) is 6.31. The molecule has 0 aromatic rings. The van der Waals surface area contributed by atoms with Gasteiger partial charge in [0.15, 0.2) is 0 Å². The van der Waals surface area contributed by atoms with Crippen molar-refractivity contribution in [3.8, 4) is 0 Å². The van der Waals surface area contributed by atoms with Gasteiger partial charge in [-0.15, -0.1) is 13.1 Å². The summed E-state index contributed by atoms with van der Waals surface area (Å²) in [4.78, 5) is 2.66. The Morgan fingerprint density at radius 1 is 1.00 bits per heavy atom. The molecule has 2 aliphatic heterocycles. The van der Waals surface area contributed by atoms with E-state index in [1.165, 1.54) is 58.2 Å². The highest BCUT2D eigenvalue weighted by atomic mass is 15.1. The number of likely N-dealkylation sites (tertiary alicyclic amines) is 1. The minimum atomic E-state index is 0.981. The molecule has 2 heteroatoms. The Balaban J connectivity index is 1.60. The van der Waals surface area contributed by atoms with Crippen LogP contribution in [0.5, 0.6) is 0 Å². The lowest BCUT2D eigenvalue weighted by molar-refractivity contribution is 0.208. The summed E-state index contributed by atoms with van der Waals surface area (Å²) in [7, 11) is 0. The Labute approximate surface area is 88.1 Å². The van der Waals surface area contributed by atoms with E-state index in [1.54, 1.807) is 0 Å². The molecule has 2 aliphatic rings. The molecule has 2 heterocycles. The van der Waals surface area contributed by atoms with Crippen LogP contribution in [0.25, 0.3) is 5.32 Å². The molecular formula is C12H23N2-. The van der Waals surface area contributed by atoms with Crippen LogP contribution in [0.3, 0.4) is 0 Å². The van der Waals surface area contributed by atoms with Crippen molar-refractivity contribution >= 4 is 0 Å². The number of rotatable bonds is 3. The van der Waals surface area contributed by atoms with E-state index in [4.69, 9.17) is 0 Å². The van der Waals surface area contributed by atoms with Crippen LogP contribution in [0.4, 0.5) is 0 Å². The van der Waals surface area contributed by atoms with Gasteiger partial charge in [0.2, 0.25) is 0 Å². The third-order valence-corrected chi connectivity index (χ3v) is 3.69. The molecule has 0 N–H and O–H groups in total. The third-order valence-electron chi connectivity index (χ3n) is 3.69. The average molecular weight is 195 g/mol. The Hall–Kier alpha value is -0.0800. The van der Waals surface area contributed by atoms with Crippen LogP contribution in [0.2, 0.25) is 0 Å². The van der Waals surface area contributed by atoms with E-state index in [2.05, 4.69) is 10.2 Å². The van der Waals surface area contributed by atoms with Crippen LogP contribution < -0.4 is 0 Å². The van der Waals surface area contributed by atoms with E-state index in [1.807, 2.05) is 0 Å². The molecule has 82 valence electrons. The summed E-state index contributed by atoms with van der Waals surface area (Å²) in [5, 5.41) is 4.41. The molecule has 0 aromatic heterocycles. The predicted octanol–water partition coefficient (Wildman–Crippen LogP) is 2.65. The topological polar surface area (TPSA) is 17.3 Å². The highest BCUT2D eigenvalue weighted by molar-refractivity contribution is 4.87. The monoisotopic (exact) mass is 195 g/mol. The maximum absolute atomic E-state index is 4.41. The van der Waals surface area contributed by atoms with Crippen LogP contribution in [-0.2, 0) is 0 Å². The summed E-state index contributed by atoms with van der Waals surface area (Å²) < 4.78 is 0. The Bertz CT molecular complexity index is 128. The van der Waals surface area contributed by atoms with Gasteiger partial charge in [0.25, 0.3) is 0 Å². The van der Waals surface area contributed by atoms with E-state index in [0.717, 1.165) is 19.0 Å². The molecule has 2 fully saturated rings. The van der Waals surface area contributed by atoms with Crippen LogP contribution >= 0.6 is 0 Å². The van der Waals surface area contributed by atoms with Gasteiger partial charge in [-0.05, 0) is 44.8 Å². The maximum Gasteiger partial charge on any atom is -0.00161 e. The van der Waals surface area contributed by atoms with Gasteiger partial charge in [0, 0.05) is 0 Å². The van der Waals surface area contributed by atoms with Crippen molar-refractivity contribution in [2.45, 2.75) is 38.5 Å². The van der Waals surface area contributed by atoms with Crippen LogP contribution in [0, 0.1) is 5.92 Å². The molecule has 0 aliphatic carbocycles. The SMILES string of the molecule is C1CCN(CCC2CC[N-]CC2)CC1. The van der Waals surface area contributed by atoms with Crippen molar-refractivity contribution in [2.24, 2.45) is 5.92 Å². The average Bonchev–Trinajstić information content (AvgIpc) is 2.29. The lowest BCUT2D eigenvalue weighted by Gasteiger charge is -2.34. The van der Waals surface area contributed by atoms with E-state index >= 15 is 0 Å². The van der Waals surface area contributed by atoms with Gasteiger partial charge in [0.05, 0.1) is 0 Å². The molecule has 0 bridgehead atoms. The molecule has 0 radical (unpaired) electrons. The zero-order chi connectivity index (χ0) is 9.64. The number of hydrogen-bond donors (Lipinski definition) is 0. The van der Waals surface area contributed by atoms with E-state index in [-0.39, 0.29) is 0 Å². The molecule has 2 saturated heterocycles. The largest absolute Gasteiger partial charge is 0.662 e. The van der Waals surface area contributed by atoms with Crippen molar-refractivity contribution in [1.29, 1.82) is 0 Å². The lowest BCUT2D eigenvalue weighted by atomic mass is 9.94. The van der Waals surface area contributed by atoms with Crippen LogP contribution in [0.15, 0.2) is 0 Å². The number of nitrogens with zero attached hydrogens (tertiary/aromatic N) is 2. The van der Waals surface area contributed by atoms with Crippen molar-refractivity contribution < 1.29 is 0 Å². The molecule has 0 aromatic carbocycles. The third kappa shape index (κ3) is 3.25. The Morgan fingerprint density at radius 2 is 1.71 bits per heavy atom. The first-order valence-electron chi connectivity index (χ1n) is 6.31. The van der Waals surface area contributed by atoms with Crippen LogP contribution in [0.1, 0.15) is 38.5 Å². The molecule has 0 amide bonds. The van der Waals surface area contributed by atoms with Gasteiger partial charge in [-0.1, -0.05) is 19.3 Å². The second-order valence-electron chi connectivity index (χ2n) is 4.81. The highest BCUT2D eigenvalue weighted by Gasteiger charge is 2.13. The molecule has 0 saturated carbocycles. The van der Waals surface area contributed by atoms with Gasteiger partial charge in [-0.3, -0.25) is 0 Å². The summed E-state index contributed by atoms with van der Waals surface area (Å²) in [6.45, 7) is 6.33. The second kappa shape index (κ2) is 5.72. The first-order chi connectivity index (χ1) is 6.95. The minimum Gasteiger partial charge on any atom is -0.662 e. The van der Waals surface area contributed by atoms with Crippen molar-refractivity contribution in [3.05, 3.63) is 5.32 Å². The predicted molar refractivity (Wildman–Crippen MR) is 60.7 cm³/mol. The molecule has 14 heavy (non-hydrogen) atoms. The summed E-state index contributed by atoms with van der Waals surface area (Å²) in [5.41, 5.74) is 0. The minimum absolute atomic E-state index is 0.981. The van der Waals surface area contributed by atoms with E-state index in [0.29, 0.717) is 0 Å². The van der Waals surface area contributed by atoms with E-state index in [9.17, 15) is 0 Å². The second-order valence-corrected chi connectivity index (χ2v) is 4.81. The molecule has 0 spiro atoms. The first kappa shape index (κ1) is 10.4. The normalized spacial score (nSPS) is 26.6. The van der Waals surface area contributed by atoms with Gasteiger partial charge in [-0.25, -0.2) is 0 Å². The molecule has 0 atom stereocenters. The zero-order valence-electron chi connectivity index (χ0n) is 9.25. The number of piperidine rings is 2. The molecule has 2 rings (SSSR count). The molecular weight excluding hydrogens is 172 g/mol. The van der Waals surface area contributed by atoms with Gasteiger partial charge in [0.1, 0.15) is 0 Å². The standard InChI is InChI=1S/C12H23N2/c1-2-9-14(10-3-1)11-6-12-4-7-13-8-5-12/h12H,1-11H2/q-1. The summed E-state index contributed by atoms with van der Waals surface area (Å²) in [5.74, 6) is 0.981.